The second kappa shape index (κ2) is 8.39. The molecular formula is C20H25NO3. The van der Waals surface area contributed by atoms with E-state index in [1.54, 1.807) is 0 Å². The van der Waals surface area contributed by atoms with Crippen LogP contribution in [-0.4, -0.2) is 25.7 Å². The molecule has 0 aliphatic heterocycles. The smallest absolute Gasteiger partial charge is 0.258 e. The maximum Gasteiger partial charge on any atom is 0.258 e. The van der Waals surface area contributed by atoms with Crippen molar-refractivity contribution >= 4 is 5.91 Å². The molecular weight excluding hydrogens is 302 g/mol. The van der Waals surface area contributed by atoms with E-state index in [9.17, 15) is 4.79 Å². The third-order valence-corrected chi connectivity index (χ3v) is 3.86. The second-order valence-electron chi connectivity index (χ2n) is 6.00. The average Bonchev–Trinajstić information content (AvgIpc) is 2.54. The van der Waals surface area contributed by atoms with Crippen LogP contribution in [0.2, 0.25) is 0 Å². The predicted octanol–water partition coefficient (Wildman–Crippen LogP) is 3.49. The van der Waals surface area contributed by atoms with Crippen LogP contribution in [0.4, 0.5) is 0 Å². The fraction of sp³-hybridized carbons (Fsp3) is 0.350. The SMILES string of the molecule is Cc1ccc(OCCNC(=O)COc2ccc(C)c(C)c2)c(C)c1. The van der Waals surface area contributed by atoms with E-state index in [1.807, 2.05) is 58.0 Å². The van der Waals surface area contributed by atoms with Gasteiger partial charge in [0.05, 0.1) is 6.54 Å². The van der Waals surface area contributed by atoms with Crippen LogP contribution in [0, 0.1) is 27.7 Å². The monoisotopic (exact) mass is 327 g/mol. The van der Waals surface area contributed by atoms with Crippen LogP contribution >= 0.6 is 0 Å². The molecule has 0 radical (unpaired) electrons. The Balaban J connectivity index is 1.68. The number of nitrogens with one attached hydrogen (secondary N) is 1. The van der Waals surface area contributed by atoms with Gasteiger partial charge in [-0.05, 0) is 62.6 Å². The summed E-state index contributed by atoms with van der Waals surface area (Å²) in [6.45, 7) is 9.01. The fourth-order valence-corrected chi connectivity index (χ4v) is 2.32. The van der Waals surface area contributed by atoms with Crippen molar-refractivity contribution in [3.05, 3.63) is 58.7 Å². The van der Waals surface area contributed by atoms with Gasteiger partial charge in [0, 0.05) is 0 Å². The lowest BCUT2D eigenvalue weighted by Crippen LogP contribution is -2.32. The van der Waals surface area contributed by atoms with Crippen molar-refractivity contribution in [2.24, 2.45) is 0 Å². The topological polar surface area (TPSA) is 47.6 Å². The fourth-order valence-electron chi connectivity index (χ4n) is 2.32. The first-order valence-electron chi connectivity index (χ1n) is 8.12. The molecule has 1 N–H and O–H groups in total. The summed E-state index contributed by atoms with van der Waals surface area (Å²) < 4.78 is 11.2. The van der Waals surface area contributed by atoms with Gasteiger partial charge in [0.2, 0.25) is 0 Å². The van der Waals surface area contributed by atoms with Gasteiger partial charge in [-0.3, -0.25) is 4.79 Å². The molecule has 4 heteroatoms. The highest BCUT2D eigenvalue weighted by Crippen LogP contribution is 2.18. The van der Waals surface area contributed by atoms with E-state index in [4.69, 9.17) is 9.47 Å². The summed E-state index contributed by atoms with van der Waals surface area (Å²) in [5.41, 5.74) is 4.65. The number of hydrogen-bond donors (Lipinski definition) is 1. The Morgan fingerprint density at radius 3 is 2.42 bits per heavy atom. The molecule has 1 amide bonds. The van der Waals surface area contributed by atoms with Gasteiger partial charge in [-0.25, -0.2) is 0 Å². The number of carbonyl (C=O) groups excluding carboxylic acids is 1. The lowest BCUT2D eigenvalue weighted by molar-refractivity contribution is -0.123. The molecule has 24 heavy (non-hydrogen) atoms. The zero-order valence-corrected chi connectivity index (χ0v) is 14.8. The van der Waals surface area contributed by atoms with Crippen molar-refractivity contribution in [1.29, 1.82) is 0 Å². The number of ether oxygens (including phenoxy) is 2. The van der Waals surface area contributed by atoms with E-state index in [0.29, 0.717) is 18.9 Å². The molecule has 0 saturated heterocycles. The van der Waals surface area contributed by atoms with Gasteiger partial charge in [-0.2, -0.15) is 0 Å². The molecule has 2 rings (SSSR count). The summed E-state index contributed by atoms with van der Waals surface area (Å²) in [7, 11) is 0. The highest BCUT2D eigenvalue weighted by atomic mass is 16.5. The molecule has 128 valence electrons. The minimum Gasteiger partial charge on any atom is -0.491 e. The molecule has 0 unspecified atom stereocenters. The standard InChI is InChI=1S/C20H25NO3/c1-14-5-8-19(17(4)11-14)23-10-9-21-20(22)13-24-18-7-6-15(2)16(3)12-18/h5-8,11-12H,9-10,13H2,1-4H3,(H,21,22). The van der Waals surface area contributed by atoms with Gasteiger partial charge in [-0.1, -0.05) is 23.8 Å². The summed E-state index contributed by atoms with van der Waals surface area (Å²) >= 11 is 0. The van der Waals surface area contributed by atoms with Gasteiger partial charge < -0.3 is 14.8 Å². The number of benzene rings is 2. The maximum absolute atomic E-state index is 11.8. The van der Waals surface area contributed by atoms with Crippen molar-refractivity contribution in [3.8, 4) is 11.5 Å². The molecule has 0 aliphatic carbocycles. The molecule has 0 spiro atoms. The number of carbonyl (C=O) groups is 1. The number of aryl methyl sites for hydroxylation is 4. The maximum atomic E-state index is 11.8. The lowest BCUT2D eigenvalue weighted by atomic mass is 10.1. The molecule has 2 aromatic rings. The Labute approximate surface area is 143 Å². The Bertz CT molecular complexity index is 710. The Kier molecular flexibility index (Phi) is 6.24. The number of rotatable bonds is 7. The molecule has 0 saturated carbocycles. The zero-order valence-electron chi connectivity index (χ0n) is 14.8. The summed E-state index contributed by atoms with van der Waals surface area (Å²) in [5, 5.41) is 2.79. The Hall–Kier alpha value is -2.49. The minimum atomic E-state index is -0.155. The van der Waals surface area contributed by atoms with Gasteiger partial charge in [0.15, 0.2) is 6.61 Å². The summed E-state index contributed by atoms with van der Waals surface area (Å²) in [6, 6.07) is 11.8. The molecule has 0 heterocycles. The zero-order chi connectivity index (χ0) is 17.5. The van der Waals surface area contributed by atoms with Gasteiger partial charge in [-0.15, -0.1) is 0 Å². The summed E-state index contributed by atoms with van der Waals surface area (Å²) in [5.74, 6) is 1.40. The van der Waals surface area contributed by atoms with Crippen LogP contribution in [0.5, 0.6) is 11.5 Å². The van der Waals surface area contributed by atoms with Crippen LogP contribution in [-0.2, 0) is 4.79 Å². The van der Waals surface area contributed by atoms with Crippen LogP contribution in [0.25, 0.3) is 0 Å². The molecule has 0 aromatic heterocycles. The highest BCUT2D eigenvalue weighted by molar-refractivity contribution is 5.77. The molecule has 0 fully saturated rings. The van der Waals surface area contributed by atoms with Crippen molar-refractivity contribution < 1.29 is 14.3 Å². The first-order valence-corrected chi connectivity index (χ1v) is 8.12. The quantitative estimate of drug-likeness (QED) is 0.792. The van der Waals surface area contributed by atoms with Crippen LogP contribution in [0.1, 0.15) is 22.3 Å². The number of amides is 1. The number of hydrogen-bond acceptors (Lipinski definition) is 3. The molecule has 0 atom stereocenters. The van der Waals surface area contributed by atoms with Crippen molar-refractivity contribution in [2.75, 3.05) is 19.8 Å². The van der Waals surface area contributed by atoms with E-state index >= 15 is 0 Å². The molecule has 0 aliphatic rings. The molecule has 4 nitrogen and oxygen atoms in total. The van der Waals surface area contributed by atoms with Crippen molar-refractivity contribution in [1.82, 2.24) is 5.32 Å². The third kappa shape index (κ3) is 5.30. The van der Waals surface area contributed by atoms with Crippen LogP contribution < -0.4 is 14.8 Å². The van der Waals surface area contributed by atoms with E-state index in [2.05, 4.69) is 11.4 Å². The average molecular weight is 327 g/mol. The van der Waals surface area contributed by atoms with Crippen molar-refractivity contribution in [2.45, 2.75) is 27.7 Å². The van der Waals surface area contributed by atoms with Gasteiger partial charge in [0.1, 0.15) is 18.1 Å². The third-order valence-electron chi connectivity index (χ3n) is 3.86. The van der Waals surface area contributed by atoms with E-state index in [1.165, 1.54) is 11.1 Å². The predicted molar refractivity (Wildman–Crippen MR) is 95.8 cm³/mol. The summed E-state index contributed by atoms with van der Waals surface area (Å²) in [6.07, 6.45) is 0. The van der Waals surface area contributed by atoms with E-state index in [0.717, 1.165) is 16.9 Å². The first kappa shape index (κ1) is 17.9. The van der Waals surface area contributed by atoms with Crippen LogP contribution in [0.3, 0.4) is 0 Å². The lowest BCUT2D eigenvalue weighted by Gasteiger charge is -2.11. The second-order valence-corrected chi connectivity index (χ2v) is 6.00. The van der Waals surface area contributed by atoms with Gasteiger partial charge >= 0.3 is 0 Å². The van der Waals surface area contributed by atoms with Gasteiger partial charge in [0.25, 0.3) is 5.91 Å². The van der Waals surface area contributed by atoms with E-state index in [-0.39, 0.29) is 12.5 Å². The first-order chi connectivity index (χ1) is 11.5. The molecule has 0 bridgehead atoms. The minimum absolute atomic E-state index is 0.00601. The Morgan fingerprint density at radius 2 is 1.71 bits per heavy atom. The normalized spacial score (nSPS) is 10.3. The van der Waals surface area contributed by atoms with Crippen LogP contribution in [0.15, 0.2) is 36.4 Å². The summed E-state index contributed by atoms with van der Waals surface area (Å²) in [4.78, 5) is 11.8. The molecule has 2 aromatic carbocycles. The Morgan fingerprint density at radius 1 is 0.917 bits per heavy atom. The largest absolute Gasteiger partial charge is 0.491 e. The van der Waals surface area contributed by atoms with Crippen molar-refractivity contribution in [3.63, 3.8) is 0 Å². The van der Waals surface area contributed by atoms with E-state index < -0.39 is 0 Å². The highest BCUT2D eigenvalue weighted by Gasteiger charge is 2.04.